The third-order valence-electron chi connectivity index (χ3n) is 2.65. The third-order valence-corrected chi connectivity index (χ3v) is 2.65. The molecule has 1 aromatic carbocycles. The molecule has 0 fully saturated rings. The second-order valence-electron chi connectivity index (χ2n) is 3.99. The van der Waals surface area contributed by atoms with Crippen LogP contribution in [0.4, 0.5) is 5.69 Å². The summed E-state index contributed by atoms with van der Waals surface area (Å²) >= 11 is 0. The average Bonchev–Trinajstić information content (AvgIpc) is 2.70. The van der Waals surface area contributed by atoms with Crippen molar-refractivity contribution in [3.8, 4) is 5.69 Å². The molecule has 98 valence electrons. The van der Waals surface area contributed by atoms with Crippen LogP contribution in [0, 0.1) is 24.0 Å². The zero-order valence-corrected chi connectivity index (χ0v) is 10.2. The van der Waals surface area contributed by atoms with Crippen LogP contribution in [0.1, 0.15) is 21.7 Å². The number of carboxylic acids is 1. The molecule has 1 heterocycles. The van der Waals surface area contributed by atoms with Crippen LogP contribution < -0.4 is 0 Å². The highest BCUT2D eigenvalue weighted by atomic mass is 16.6. The Morgan fingerprint density at radius 1 is 1.42 bits per heavy atom. The molecule has 0 saturated carbocycles. The van der Waals surface area contributed by atoms with E-state index in [9.17, 15) is 14.9 Å². The Bertz CT molecular complexity index is 677. The Balaban J connectivity index is 2.68. The Labute approximate surface area is 107 Å². The molecular weight excluding hydrogens is 252 g/mol. The predicted octanol–water partition coefficient (Wildman–Crippen LogP) is 1.49. The van der Waals surface area contributed by atoms with E-state index in [0.717, 1.165) is 10.2 Å². The molecule has 1 N–H and O–H groups in total. The Kier molecular flexibility index (Phi) is 2.99. The first-order valence-corrected chi connectivity index (χ1v) is 5.33. The molecule has 0 bridgehead atoms. The fourth-order valence-electron chi connectivity index (χ4n) is 1.71. The van der Waals surface area contributed by atoms with Crippen LogP contribution in [-0.2, 0) is 0 Å². The van der Waals surface area contributed by atoms with Gasteiger partial charge in [0, 0.05) is 6.07 Å². The summed E-state index contributed by atoms with van der Waals surface area (Å²) in [6, 6.07) is 4.52. The zero-order valence-electron chi connectivity index (χ0n) is 10.2. The van der Waals surface area contributed by atoms with Crippen LogP contribution in [0.15, 0.2) is 18.2 Å². The van der Waals surface area contributed by atoms with Gasteiger partial charge < -0.3 is 5.11 Å². The van der Waals surface area contributed by atoms with E-state index in [1.54, 1.807) is 19.1 Å². The second-order valence-corrected chi connectivity index (χ2v) is 3.99. The quantitative estimate of drug-likeness (QED) is 0.662. The first kappa shape index (κ1) is 12.7. The van der Waals surface area contributed by atoms with Crippen molar-refractivity contribution >= 4 is 11.7 Å². The number of benzene rings is 1. The van der Waals surface area contributed by atoms with Crippen molar-refractivity contribution in [1.29, 1.82) is 0 Å². The molecule has 8 heteroatoms. The minimum Gasteiger partial charge on any atom is -0.476 e. The van der Waals surface area contributed by atoms with Gasteiger partial charge in [-0.1, -0.05) is 11.3 Å². The molecule has 0 amide bonds. The molecule has 2 aromatic rings. The van der Waals surface area contributed by atoms with E-state index in [1.807, 2.05) is 0 Å². The lowest BCUT2D eigenvalue weighted by Crippen LogP contribution is -2.05. The van der Waals surface area contributed by atoms with E-state index in [-0.39, 0.29) is 22.8 Å². The summed E-state index contributed by atoms with van der Waals surface area (Å²) in [6.07, 6.45) is 0. The summed E-state index contributed by atoms with van der Waals surface area (Å²) in [5.74, 6) is -1.22. The number of carboxylic acid groups (broad SMARTS) is 1. The van der Waals surface area contributed by atoms with Gasteiger partial charge in [-0.25, -0.2) is 9.48 Å². The van der Waals surface area contributed by atoms with Crippen molar-refractivity contribution in [3.05, 3.63) is 45.3 Å². The van der Waals surface area contributed by atoms with E-state index >= 15 is 0 Å². The van der Waals surface area contributed by atoms with Crippen molar-refractivity contribution in [2.45, 2.75) is 13.8 Å². The molecule has 1 aromatic heterocycles. The van der Waals surface area contributed by atoms with Gasteiger partial charge in [0.25, 0.3) is 5.69 Å². The lowest BCUT2D eigenvalue weighted by molar-refractivity contribution is -0.384. The largest absolute Gasteiger partial charge is 0.476 e. The molecule has 0 saturated heterocycles. The van der Waals surface area contributed by atoms with Gasteiger partial charge in [0.15, 0.2) is 5.69 Å². The van der Waals surface area contributed by atoms with Gasteiger partial charge in [-0.15, -0.1) is 5.10 Å². The highest BCUT2D eigenvalue weighted by Crippen LogP contribution is 2.24. The highest BCUT2D eigenvalue weighted by Gasteiger charge is 2.22. The summed E-state index contributed by atoms with van der Waals surface area (Å²) in [5, 5.41) is 27.1. The predicted molar refractivity (Wildman–Crippen MR) is 64.4 cm³/mol. The minimum atomic E-state index is -1.22. The summed E-state index contributed by atoms with van der Waals surface area (Å²) in [4.78, 5) is 21.3. The molecule has 0 aliphatic heterocycles. The number of nitro benzene ring substituents is 1. The van der Waals surface area contributed by atoms with Crippen LogP contribution in [0.2, 0.25) is 0 Å². The zero-order chi connectivity index (χ0) is 14.2. The average molecular weight is 262 g/mol. The maximum absolute atomic E-state index is 11.0. The first-order chi connectivity index (χ1) is 8.91. The number of aromatic carboxylic acids is 1. The van der Waals surface area contributed by atoms with Crippen molar-refractivity contribution in [2.24, 2.45) is 0 Å². The SMILES string of the molecule is Cc1ccc([N+](=O)[O-])c(-n2nnc(C(=O)O)c2C)c1. The Morgan fingerprint density at radius 2 is 2.11 bits per heavy atom. The van der Waals surface area contributed by atoms with E-state index in [4.69, 9.17) is 5.11 Å². The first-order valence-electron chi connectivity index (χ1n) is 5.33. The number of hydrogen-bond donors (Lipinski definition) is 1. The number of aromatic nitrogens is 3. The number of hydrogen-bond acceptors (Lipinski definition) is 5. The van der Waals surface area contributed by atoms with Crippen LogP contribution in [0.25, 0.3) is 5.69 Å². The van der Waals surface area contributed by atoms with Gasteiger partial charge in [-0.05, 0) is 25.5 Å². The van der Waals surface area contributed by atoms with Gasteiger partial charge in [-0.3, -0.25) is 10.1 Å². The fourth-order valence-corrected chi connectivity index (χ4v) is 1.71. The van der Waals surface area contributed by atoms with Gasteiger partial charge in [0.1, 0.15) is 5.69 Å². The number of nitro groups is 1. The Morgan fingerprint density at radius 3 is 2.63 bits per heavy atom. The van der Waals surface area contributed by atoms with Crippen molar-refractivity contribution in [1.82, 2.24) is 15.0 Å². The molecule has 0 spiro atoms. The lowest BCUT2D eigenvalue weighted by Gasteiger charge is -2.05. The smallest absolute Gasteiger partial charge is 0.358 e. The molecule has 0 unspecified atom stereocenters. The van der Waals surface area contributed by atoms with Gasteiger partial charge >= 0.3 is 5.97 Å². The molecule has 19 heavy (non-hydrogen) atoms. The van der Waals surface area contributed by atoms with Crippen molar-refractivity contribution in [3.63, 3.8) is 0 Å². The highest BCUT2D eigenvalue weighted by molar-refractivity contribution is 5.86. The maximum Gasteiger partial charge on any atom is 0.358 e. The Hall–Kier alpha value is -2.77. The van der Waals surface area contributed by atoms with Gasteiger partial charge in [0.2, 0.25) is 0 Å². The summed E-state index contributed by atoms with van der Waals surface area (Å²) in [5.41, 5.74) is 0.849. The summed E-state index contributed by atoms with van der Waals surface area (Å²) in [6.45, 7) is 3.27. The normalized spacial score (nSPS) is 10.4. The topological polar surface area (TPSA) is 111 Å². The molecular formula is C11H10N4O4. The third kappa shape index (κ3) is 2.15. The van der Waals surface area contributed by atoms with E-state index in [1.165, 1.54) is 13.0 Å². The van der Waals surface area contributed by atoms with E-state index in [0.29, 0.717) is 0 Å². The molecule has 0 aliphatic rings. The van der Waals surface area contributed by atoms with Crippen molar-refractivity contribution in [2.75, 3.05) is 0 Å². The van der Waals surface area contributed by atoms with Crippen LogP contribution in [0.5, 0.6) is 0 Å². The molecule has 0 radical (unpaired) electrons. The number of carbonyl (C=O) groups is 1. The number of rotatable bonds is 3. The maximum atomic E-state index is 11.0. The minimum absolute atomic E-state index is 0.157. The summed E-state index contributed by atoms with van der Waals surface area (Å²) < 4.78 is 1.16. The number of nitrogens with zero attached hydrogens (tertiary/aromatic N) is 4. The van der Waals surface area contributed by atoms with Gasteiger partial charge in [0.05, 0.1) is 10.6 Å². The van der Waals surface area contributed by atoms with Crippen LogP contribution >= 0.6 is 0 Å². The van der Waals surface area contributed by atoms with E-state index < -0.39 is 10.9 Å². The number of aryl methyl sites for hydroxylation is 1. The fraction of sp³-hybridized carbons (Fsp3) is 0.182. The summed E-state index contributed by atoms with van der Waals surface area (Å²) in [7, 11) is 0. The standard InChI is InChI=1S/C11H10N4O4/c1-6-3-4-8(15(18)19)9(5-6)14-7(2)10(11(16)17)12-13-14/h3-5H,1-2H3,(H,16,17). The van der Waals surface area contributed by atoms with Crippen LogP contribution in [0.3, 0.4) is 0 Å². The van der Waals surface area contributed by atoms with Crippen molar-refractivity contribution < 1.29 is 14.8 Å². The van der Waals surface area contributed by atoms with Crippen LogP contribution in [-0.4, -0.2) is 31.0 Å². The monoisotopic (exact) mass is 262 g/mol. The second kappa shape index (κ2) is 4.48. The molecule has 0 aliphatic carbocycles. The molecule has 2 rings (SSSR count). The van der Waals surface area contributed by atoms with Gasteiger partial charge in [-0.2, -0.15) is 0 Å². The van der Waals surface area contributed by atoms with E-state index in [2.05, 4.69) is 10.3 Å². The lowest BCUT2D eigenvalue weighted by atomic mass is 10.2. The molecule has 0 atom stereocenters. The molecule has 8 nitrogen and oxygen atoms in total.